The number of likely N-dealkylation sites (tertiary alicyclic amines) is 1. The van der Waals surface area contributed by atoms with Crippen LogP contribution in [-0.2, 0) is 11.3 Å². The molecule has 1 saturated heterocycles. The molecule has 31 heavy (non-hydrogen) atoms. The lowest BCUT2D eigenvalue weighted by Gasteiger charge is -2.33. The Labute approximate surface area is 181 Å². The van der Waals surface area contributed by atoms with Crippen LogP contribution in [0.4, 0.5) is 5.69 Å². The van der Waals surface area contributed by atoms with E-state index in [2.05, 4.69) is 4.98 Å². The average Bonchev–Trinajstić information content (AvgIpc) is 2.80. The Morgan fingerprint density at radius 3 is 2.61 bits per heavy atom. The van der Waals surface area contributed by atoms with Gasteiger partial charge in [-0.05, 0) is 42.5 Å². The molecule has 7 nitrogen and oxygen atoms in total. The Kier molecular flexibility index (Phi) is 6.32. The van der Waals surface area contributed by atoms with Gasteiger partial charge in [0.1, 0.15) is 0 Å². The van der Waals surface area contributed by atoms with Gasteiger partial charge in [0.05, 0.1) is 23.8 Å². The summed E-state index contributed by atoms with van der Waals surface area (Å²) in [6, 6.07) is 14.8. The fourth-order valence-corrected chi connectivity index (χ4v) is 4.30. The number of nitrogens with zero attached hydrogens (tertiary/aromatic N) is 3. The lowest BCUT2D eigenvalue weighted by molar-refractivity contribution is -0.133. The summed E-state index contributed by atoms with van der Waals surface area (Å²) in [6.07, 6.45) is 3.58. The van der Waals surface area contributed by atoms with E-state index in [1.54, 1.807) is 29.1 Å². The van der Waals surface area contributed by atoms with Crippen molar-refractivity contribution in [3.05, 3.63) is 70.8 Å². The number of fused-ring (bicyclic) bond motifs is 1. The molecule has 3 N–H and O–H groups in total. The van der Waals surface area contributed by atoms with E-state index in [1.165, 1.54) is 0 Å². The summed E-state index contributed by atoms with van der Waals surface area (Å²) in [5.74, 6) is 0.212. The van der Waals surface area contributed by atoms with Crippen LogP contribution in [0.25, 0.3) is 10.9 Å². The van der Waals surface area contributed by atoms with E-state index in [-0.39, 0.29) is 24.0 Å². The molecule has 3 aromatic rings. The number of carbonyl (C=O) groups is 1. The summed E-state index contributed by atoms with van der Waals surface area (Å²) in [5.41, 5.74) is 7.90. The first-order valence-electron chi connectivity index (χ1n) is 10.7. The zero-order chi connectivity index (χ0) is 21.8. The molecular formula is C24H28N4O3. The molecule has 1 aliphatic heterocycles. The van der Waals surface area contributed by atoms with Gasteiger partial charge < -0.3 is 15.7 Å². The second-order valence-corrected chi connectivity index (χ2v) is 8.30. The third-order valence-electron chi connectivity index (χ3n) is 6.18. The smallest absolute Gasteiger partial charge is 0.261 e. The highest BCUT2D eigenvalue weighted by Crippen LogP contribution is 2.24. The number of hydrogen-bond donors (Lipinski definition) is 2. The minimum atomic E-state index is -0.178. The van der Waals surface area contributed by atoms with E-state index >= 15 is 0 Å². The van der Waals surface area contributed by atoms with Crippen molar-refractivity contribution in [2.45, 2.75) is 31.7 Å². The summed E-state index contributed by atoms with van der Waals surface area (Å²) in [6.45, 7) is 1.89. The Balaban J connectivity index is 1.35. The maximum atomic E-state index is 12.8. The summed E-state index contributed by atoms with van der Waals surface area (Å²) >= 11 is 0. The van der Waals surface area contributed by atoms with E-state index in [4.69, 9.17) is 5.73 Å². The van der Waals surface area contributed by atoms with Crippen molar-refractivity contribution < 1.29 is 9.90 Å². The molecule has 1 amide bonds. The highest BCUT2D eigenvalue weighted by atomic mass is 16.3. The molecule has 162 valence electrons. The van der Waals surface area contributed by atoms with Crippen molar-refractivity contribution in [3.63, 3.8) is 0 Å². The van der Waals surface area contributed by atoms with Crippen molar-refractivity contribution in [2.24, 2.45) is 5.92 Å². The van der Waals surface area contributed by atoms with Crippen molar-refractivity contribution in [2.75, 3.05) is 25.4 Å². The Morgan fingerprint density at radius 1 is 1.16 bits per heavy atom. The number of aromatic nitrogens is 2. The van der Waals surface area contributed by atoms with Gasteiger partial charge in [-0.2, -0.15) is 0 Å². The predicted octanol–water partition coefficient (Wildman–Crippen LogP) is 2.38. The van der Waals surface area contributed by atoms with E-state index in [0.717, 1.165) is 18.4 Å². The standard InChI is InChI=1S/C24H28N4O3/c25-20-6-7-21-22(13-20)26-16-28(24(21)31)14-17-8-10-27(11-9-17)23(30)12-19(15-29)18-4-2-1-3-5-18/h1-7,13,16-17,19,29H,8-12,14-15,25H2. The summed E-state index contributed by atoms with van der Waals surface area (Å²) in [7, 11) is 0. The first kappa shape index (κ1) is 21.1. The van der Waals surface area contributed by atoms with E-state index in [0.29, 0.717) is 48.6 Å². The second-order valence-electron chi connectivity index (χ2n) is 8.30. The van der Waals surface area contributed by atoms with Crippen LogP contribution < -0.4 is 11.3 Å². The van der Waals surface area contributed by atoms with Gasteiger partial charge in [0.25, 0.3) is 5.56 Å². The quantitative estimate of drug-likeness (QED) is 0.596. The number of amides is 1. The summed E-state index contributed by atoms with van der Waals surface area (Å²) in [4.78, 5) is 31.8. The number of benzene rings is 2. The summed E-state index contributed by atoms with van der Waals surface area (Å²) in [5, 5.41) is 10.3. The zero-order valence-electron chi connectivity index (χ0n) is 17.5. The van der Waals surface area contributed by atoms with Crippen LogP contribution in [0.3, 0.4) is 0 Å². The minimum absolute atomic E-state index is 0.0459. The Morgan fingerprint density at radius 2 is 1.90 bits per heavy atom. The van der Waals surface area contributed by atoms with Gasteiger partial charge >= 0.3 is 0 Å². The van der Waals surface area contributed by atoms with E-state index < -0.39 is 0 Å². The van der Waals surface area contributed by atoms with Crippen LogP contribution in [0.2, 0.25) is 0 Å². The molecule has 0 radical (unpaired) electrons. The van der Waals surface area contributed by atoms with Crippen molar-refractivity contribution in [1.29, 1.82) is 0 Å². The molecule has 2 heterocycles. The van der Waals surface area contributed by atoms with Crippen LogP contribution in [-0.4, -0.2) is 45.2 Å². The molecule has 0 saturated carbocycles. The normalized spacial score (nSPS) is 15.8. The first-order valence-corrected chi connectivity index (χ1v) is 10.7. The van der Waals surface area contributed by atoms with Gasteiger partial charge in [0.15, 0.2) is 0 Å². The topological polar surface area (TPSA) is 101 Å². The molecule has 1 fully saturated rings. The van der Waals surface area contributed by atoms with Gasteiger partial charge in [-0.25, -0.2) is 4.98 Å². The van der Waals surface area contributed by atoms with E-state index in [9.17, 15) is 14.7 Å². The third kappa shape index (κ3) is 4.77. The summed E-state index contributed by atoms with van der Waals surface area (Å²) < 4.78 is 1.66. The number of nitrogen functional groups attached to an aromatic ring is 1. The molecule has 0 bridgehead atoms. The maximum absolute atomic E-state index is 12.8. The monoisotopic (exact) mass is 420 g/mol. The van der Waals surface area contributed by atoms with E-state index in [1.807, 2.05) is 35.2 Å². The van der Waals surface area contributed by atoms with Gasteiger partial charge in [0, 0.05) is 37.7 Å². The molecule has 0 aliphatic carbocycles. The number of carbonyl (C=O) groups excluding carboxylic acids is 1. The number of piperidine rings is 1. The SMILES string of the molecule is Nc1ccc2c(=O)n(CC3CCN(C(=O)CC(CO)c4ccccc4)CC3)cnc2c1. The van der Waals surface area contributed by atoms with Gasteiger partial charge in [-0.3, -0.25) is 14.2 Å². The average molecular weight is 421 g/mol. The fourth-order valence-electron chi connectivity index (χ4n) is 4.30. The van der Waals surface area contributed by atoms with Crippen LogP contribution in [0.15, 0.2) is 59.7 Å². The number of anilines is 1. The molecule has 0 spiro atoms. The number of rotatable bonds is 6. The minimum Gasteiger partial charge on any atom is -0.399 e. The highest BCUT2D eigenvalue weighted by molar-refractivity contribution is 5.80. The molecule has 1 unspecified atom stereocenters. The molecule has 1 atom stereocenters. The molecule has 4 rings (SSSR count). The number of hydrogen-bond acceptors (Lipinski definition) is 5. The number of aliphatic hydroxyl groups is 1. The molecule has 2 aromatic carbocycles. The Bertz CT molecular complexity index is 1100. The van der Waals surface area contributed by atoms with Gasteiger partial charge in [0.2, 0.25) is 5.91 Å². The van der Waals surface area contributed by atoms with Gasteiger partial charge in [-0.15, -0.1) is 0 Å². The molecular weight excluding hydrogens is 392 g/mol. The van der Waals surface area contributed by atoms with Crippen molar-refractivity contribution >= 4 is 22.5 Å². The molecule has 1 aromatic heterocycles. The zero-order valence-corrected chi connectivity index (χ0v) is 17.5. The fraction of sp³-hybridized carbons (Fsp3) is 0.375. The molecule has 7 heteroatoms. The Hall–Kier alpha value is -3.19. The highest BCUT2D eigenvalue weighted by Gasteiger charge is 2.25. The lowest BCUT2D eigenvalue weighted by Crippen LogP contribution is -2.40. The van der Waals surface area contributed by atoms with Crippen LogP contribution in [0.5, 0.6) is 0 Å². The molecule has 1 aliphatic rings. The third-order valence-corrected chi connectivity index (χ3v) is 6.18. The maximum Gasteiger partial charge on any atom is 0.261 e. The van der Waals surface area contributed by atoms with Crippen LogP contribution in [0.1, 0.15) is 30.7 Å². The predicted molar refractivity (Wildman–Crippen MR) is 121 cm³/mol. The first-order chi connectivity index (χ1) is 15.0. The van der Waals surface area contributed by atoms with Crippen molar-refractivity contribution in [1.82, 2.24) is 14.5 Å². The largest absolute Gasteiger partial charge is 0.399 e. The van der Waals surface area contributed by atoms with Crippen LogP contribution >= 0.6 is 0 Å². The number of aliphatic hydroxyl groups excluding tert-OH is 1. The van der Waals surface area contributed by atoms with Crippen LogP contribution in [0, 0.1) is 5.92 Å². The lowest BCUT2D eigenvalue weighted by atomic mass is 9.93. The van der Waals surface area contributed by atoms with Crippen molar-refractivity contribution in [3.8, 4) is 0 Å². The number of nitrogens with two attached hydrogens (primary N) is 1. The van der Waals surface area contributed by atoms with Gasteiger partial charge in [-0.1, -0.05) is 30.3 Å². The second kappa shape index (κ2) is 9.31.